The molecular formula is C7H9BrN2O2. The molecule has 1 rings (SSSR count). The largest absolute Gasteiger partial charge is 0.392 e. The lowest BCUT2D eigenvalue weighted by Crippen LogP contribution is -2.08. The lowest BCUT2D eigenvalue weighted by atomic mass is 10.3. The molecule has 1 aromatic heterocycles. The molecule has 1 heterocycles. The van der Waals surface area contributed by atoms with Crippen LogP contribution in [0.1, 0.15) is 12.8 Å². The number of alkyl halides is 1. The Morgan fingerprint density at radius 1 is 1.75 bits per heavy atom. The Bertz CT molecular complexity index is 236. The van der Waals surface area contributed by atoms with Gasteiger partial charge in [-0.25, -0.2) is 4.98 Å². The van der Waals surface area contributed by atoms with Gasteiger partial charge in [-0.1, -0.05) is 15.9 Å². The SMILES string of the molecule is O=C(CCCBr)Oc1ncc[nH]1. The summed E-state index contributed by atoms with van der Waals surface area (Å²) in [7, 11) is 0. The van der Waals surface area contributed by atoms with E-state index in [1.807, 2.05) is 0 Å². The third-order valence-electron chi connectivity index (χ3n) is 1.20. The van der Waals surface area contributed by atoms with Crippen LogP contribution in [0.2, 0.25) is 0 Å². The molecule has 0 saturated carbocycles. The fourth-order valence-corrected chi connectivity index (χ4v) is 0.957. The molecule has 66 valence electrons. The van der Waals surface area contributed by atoms with Gasteiger partial charge in [-0.3, -0.25) is 4.79 Å². The molecule has 0 saturated heterocycles. The zero-order valence-electron chi connectivity index (χ0n) is 6.42. The van der Waals surface area contributed by atoms with Crippen molar-refractivity contribution in [3.05, 3.63) is 12.4 Å². The summed E-state index contributed by atoms with van der Waals surface area (Å²) < 4.78 is 4.83. The Kier molecular flexibility index (Phi) is 3.79. The van der Waals surface area contributed by atoms with Crippen LogP contribution >= 0.6 is 15.9 Å². The molecule has 0 aliphatic carbocycles. The number of H-pyrrole nitrogens is 1. The van der Waals surface area contributed by atoms with E-state index in [4.69, 9.17) is 4.74 Å². The van der Waals surface area contributed by atoms with Gasteiger partial charge in [-0.05, 0) is 6.42 Å². The van der Waals surface area contributed by atoms with Gasteiger partial charge in [0.15, 0.2) is 0 Å². The molecule has 0 aromatic carbocycles. The van der Waals surface area contributed by atoms with E-state index in [9.17, 15) is 4.79 Å². The maximum absolute atomic E-state index is 11.0. The second-order valence-corrected chi connectivity index (χ2v) is 2.95. The quantitative estimate of drug-likeness (QED) is 0.633. The fraction of sp³-hybridized carbons (Fsp3) is 0.429. The molecule has 5 heteroatoms. The van der Waals surface area contributed by atoms with Crippen molar-refractivity contribution in [2.45, 2.75) is 12.8 Å². The zero-order chi connectivity index (χ0) is 8.81. The van der Waals surface area contributed by atoms with Crippen LogP contribution in [0.15, 0.2) is 12.4 Å². The van der Waals surface area contributed by atoms with Crippen LogP contribution in [0.4, 0.5) is 0 Å². The summed E-state index contributed by atoms with van der Waals surface area (Å²) >= 11 is 3.22. The standard InChI is InChI=1S/C7H9BrN2O2/c8-3-1-2-6(11)12-7-9-4-5-10-7/h4-5H,1-3H2,(H,9,10). The van der Waals surface area contributed by atoms with E-state index in [2.05, 4.69) is 25.9 Å². The Hall–Kier alpha value is -0.840. The smallest absolute Gasteiger partial charge is 0.313 e. The molecule has 1 N–H and O–H groups in total. The first-order chi connectivity index (χ1) is 5.83. The number of aromatic nitrogens is 2. The number of nitrogens with one attached hydrogen (secondary N) is 1. The number of carbonyl (C=O) groups is 1. The second kappa shape index (κ2) is 4.92. The van der Waals surface area contributed by atoms with Gasteiger partial charge in [0, 0.05) is 24.1 Å². The third-order valence-corrected chi connectivity index (χ3v) is 1.76. The molecule has 0 amide bonds. The summed E-state index contributed by atoms with van der Waals surface area (Å²) in [5, 5.41) is 0.806. The van der Waals surface area contributed by atoms with Crippen molar-refractivity contribution in [3.63, 3.8) is 0 Å². The maximum Gasteiger partial charge on any atom is 0.313 e. The van der Waals surface area contributed by atoms with Gasteiger partial charge in [0.2, 0.25) is 0 Å². The number of carbonyl (C=O) groups excluding carboxylic acids is 1. The minimum Gasteiger partial charge on any atom is -0.392 e. The van der Waals surface area contributed by atoms with Crippen molar-refractivity contribution >= 4 is 21.9 Å². The molecule has 0 aliphatic heterocycles. The van der Waals surface area contributed by atoms with Gasteiger partial charge < -0.3 is 9.72 Å². The average Bonchev–Trinajstić information content (AvgIpc) is 2.53. The summed E-state index contributed by atoms with van der Waals surface area (Å²) in [6.07, 6.45) is 4.33. The van der Waals surface area contributed by atoms with Gasteiger partial charge >= 0.3 is 12.0 Å². The van der Waals surface area contributed by atoms with Crippen molar-refractivity contribution in [1.82, 2.24) is 9.97 Å². The molecule has 4 nitrogen and oxygen atoms in total. The van der Waals surface area contributed by atoms with E-state index in [0.717, 1.165) is 11.8 Å². The monoisotopic (exact) mass is 232 g/mol. The minimum atomic E-state index is -0.260. The lowest BCUT2D eigenvalue weighted by molar-refractivity contribution is -0.134. The number of esters is 1. The lowest BCUT2D eigenvalue weighted by Gasteiger charge is -1.97. The molecule has 0 atom stereocenters. The highest BCUT2D eigenvalue weighted by molar-refractivity contribution is 9.09. The van der Waals surface area contributed by atoms with Gasteiger partial charge in [0.25, 0.3) is 0 Å². The summed E-state index contributed by atoms with van der Waals surface area (Å²) in [6.45, 7) is 0. The van der Waals surface area contributed by atoms with Crippen molar-refractivity contribution < 1.29 is 9.53 Å². The number of halogens is 1. The molecule has 0 radical (unpaired) electrons. The van der Waals surface area contributed by atoms with Crippen LogP contribution < -0.4 is 4.74 Å². The fourth-order valence-electron chi connectivity index (χ4n) is 0.677. The number of ether oxygens (including phenoxy) is 1. The van der Waals surface area contributed by atoms with Crippen LogP contribution in [0.5, 0.6) is 6.01 Å². The Morgan fingerprint density at radius 2 is 2.58 bits per heavy atom. The molecule has 0 aliphatic rings. The third kappa shape index (κ3) is 3.04. The van der Waals surface area contributed by atoms with Gasteiger partial charge in [-0.2, -0.15) is 0 Å². The summed E-state index contributed by atoms with van der Waals surface area (Å²) in [6, 6.07) is 0.259. The summed E-state index contributed by atoms with van der Waals surface area (Å²) in [4.78, 5) is 17.4. The highest BCUT2D eigenvalue weighted by atomic mass is 79.9. The van der Waals surface area contributed by atoms with Crippen molar-refractivity contribution in [2.24, 2.45) is 0 Å². The van der Waals surface area contributed by atoms with Crippen molar-refractivity contribution in [2.75, 3.05) is 5.33 Å². The topological polar surface area (TPSA) is 55.0 Å². The first-order valence-electron chi connectivity index (χ1n) is 3.59. The van der Waals surface area contributed by atoms with Crippen LogP contribution in [-0.2, 0) is 4.79 Å². The molecule has 12 heavy (non-hydrogen) atoms. The van der Waals surface area contributed by atoms with E-state index in [0.29, 0.717) is 6.42 Å². The molecule has 1 aromatic rings. The molecule has 0 fully saturated rings. The van der Waals surface area contributed by atoms with Gasteiger partial charge in [-0.15, -0.1) is 0 Å². The van der Waals surface area contributed by atoms with Gasteiger partial charge in [0.1, 0.15) is 0 Å². The summed E-state index contributed by atoms with van der Waals surface area (Å²) in [5.74, 6) is -0.260. The number of nitrogens with zero attached hydrogens (tertiary/aromatic N) is 1. The summed E-state index contributed by atoms with van der Waals surface area (Å²) in [5.41, 5.74) is 0. The number of hydrogen-bond acceptors (Lipinski definition) is 3. The Balaban J connectivity index is 2.27. The van der Waals surface area contributed by atoms with E-state index in [-0.39, 0.29) is 12.0 Å². The average molecular weight is 233 g/mol. The molecule has 0 spiro atoms. The van der Waals surface area contributed by atoms with Crippen LogP contribution in [0.3, 0.4) is 0 Å². The number of hydrogen-bond donors (Lipinski definition) is 1. The highest BCUT2D eigenvalue weighted by Gasteiger charge is 2.04. The first kappa shape index (κ1) is 9.25. The first-order valence-corrected chi connectivity index (χ1v) is 4.71. The van der Waals surface area contributed by atoms with Crippen molar-refractivity contribution in [1.29, 1.82) is 0 Å². The molecule has 0 unspecified atom stereocenters. The van der Waals surface area contributed by atoms with Crippen molar-refractivity contribution in [3.8, 4) is 6.01 Å². The van der Waals surface area contributed by atoms with E-state index >= 15 is 0 Å². The van der Waals surface area contributed by atoms with Gasteiger partial charge in [0.05, 0.1) is 0 Å². The predicted molar refractivity (Wildman–Crippen MR) is 47.3 cm³/mol. The zero-order valence-corrected chi connectivity index (χ0v) is 8.00. The van der Waals surface area contributed by atoms with E-state index in [1.54, 1.807) is 6.20 Å². The Labute approximate surface area is 78.5 Å². The minimum absolute atomic E-state index is 0.259. The predicted octanol–water partition coefficient (Wildman–Crippen LogP) is 1.49. The number of aromatic amines is 1. The normalized spacial score (nSPS) is 9.75. The number of rotatable bonds is 4. The van der Waals surface area contributed by atoms with E-state index in [1.165, 1.54) is 6.20 Å². The second-order valence-electron chi connectivity index (χ2n) is 2.16. The molecule has 0 bridgehead atoms. The van der Waals surface area contributed by atoms with E-state index < -0.39 is 0 Å². The number of imidazole rings is 1. The van der Waals surface area contributed by atoms with Crippen LogP contribution in [-0.4, -0.2) is 21.3 Å². The van der Waals surface area contributed by atoms with Crippen LogP contribution in [0.25, 0.3) is 0 Å². The highest BCUT2D eigenvalue weighted by Crippen LogP contribution is 2.02. The Morgan fingerprint density at radius 3 is 3.17 bits per heavy atom. The molecular weight excluding hydrogens is 224 g/mol. The maximum atomic E-state index is 11.0. The van der Waals surface area contributed by atoms with Crippen LogP contribution in [0, 0.1) is 0 Å².